The van der Waals surface area contributed by atoms with Crippen LogP contribution in [0.25, 0.3) is 0 Å². The topological polar surface area (TPSA) is 47.7 Å². The fraction of sp³-hybridized carbons (Fsp3) is 1.00. The molecular formula is C13H28N2O2. The molecule has 1 saturated heterocycles. The van der Waals surface area contributed by atoms with Gasteiger partial charge in [-0.2, -0.15) is 0 Å². The molecule has 17 heavy (non-hydrogen) atoms. The maximum Gasteiger partial charge on any atom is 0.0659 e. The molecule has 0 aromatic rings. The summed E-state index contributed by atoms with van der Waals surface area (Å²) in [4.78, 5) is 2.48. The van der Waals surface area contributed by atoms with E-state index in [1.165, 1.54) is 12.8 Å². The molecule has 0 saturated carbocycles. The summed E-state index contributed by atoms with van der Waals surface area (Å²) in [6, 6.07) is 0. The average molecular weight is 244 g/mol. The zero-order valence-electron chi connectivity index (χ0n) is 11.6. The minimum Gasteiger partial charge on any atom is -0.384 e. The van der Waals surface area contributed by atoms with Crippen LogP contribution < -0.4 is 5.73 Å². The molecule has 0 spiro atoms. The number of hydrogen-bond donors (Lipinski definition) is 1. The van der Waals surface area contributed by atoms with Gasteiger partial charge in [0.25, 0.3) is 0 Å². The molecule has 1 aliphatic rings. The summed E-state index contributed by atoms with van der Waals surface area (Å²) in [7, 11) is 1.78. The summed E-state index contributed by atoms with van der Waals surface area (Å²) in [5.74, 6) is 0.713. The molecule has 4 heteroatoms. The summed E-state index contributed by atoms with van der Waals surface area (Å²) in [6.07, 6.45) is 2.41. The molecule has 0 radical (unpaired) electrons. The van der Waals surface area contributed by atoms with Crippen LogP contribution in [0, 0.1) is 5.92 Å². The van der Waals surface area contributed by atoms with Crippen LogP contribution in [0.1, 0.15) is 26.7 Å². The lowest BCUT2D eigenvalue weighted by molar-refractivity contribution is -0.0138. The summed E-state index contributed by atoms with van der Waals surface area (Å²) in [6.45, 7) is 9.48. The van der Waals surface area contributed by atoms with Crippen molar-refractivity contribution in [1.29, 1.82) is 0 Å². The Labute approximate surface area is 105 Å². The lowest BCUT2D eigenvalue weighted by Crippen LogP contribution is -2.57. The molecule has 2 N–H and O–H groups in total. The highest BCUT2D eigenvalue weighted by atomic mass is 16.5. The normalized spacial score (nSPS) is 22.6. The van der Waals surface area contributed by atoms with Crippen molar-refractivity contribution < 1.29 is 9.47 Å². The second kappa shape index (κ2) is 7.31. The first-order chi connectivity index (χ1) is 8.16. The molecule has 4 nitrogen and oxygen atoms in total. The first-order valence-electron chi connectivity index (χ1n) is 6.68. The van der Waals surface area contributed by atoms with Crippen molar-refractivity contribution in [2.24, 2.45) is 11.7 Å². The predicted octanol–water partition coefficient (Wildman–Crippen LogP) is 1.10. The van der Waals surface area contributed by atoms with Gasteiger partial charge in [0.05, 0.1) is 12.1 Å². The van der Waals surface area contributed by atoms with Crippen molar-refractivity contribution in [3.05, 3.63) is 0 Å². The van der Waals surface area contributed by atoms with Gasteiger partial charge >= 0.3 is 0 Å². The summed E-state index contributed by atoms with van der Waals surface area (Å²) in [5, 5.41) is 0. The van der Waals surface area contributed by atoms with Crippen LogP contribution in [0.3, 0.4) is 0 Å². The second-order valence-corrected chi connectivity index (χ2v) is 5.22. The van der Waals surface area contributed by atoms with E-state index in [2.05, 4.69) is 11.8 Å². The lowest BCUT2D eigenvalue weighted by atomic mass is 9.92. The molecule has 0 aromatic carbocycles. The number of piperidine rings is 1. The van der Waals surface area contributed by atoms with Gasteiger partial charge in [0, 0.05) is 26.9 Å². The van der Waals surface area contributed by atoms with Crippen LogP contribution in [0.2, 0.25) is 0 Å². The fourth-order valence-electron chi connectivity index (χ4n) is 2.48. The smallest absolute Gasteiger partial charge is 0.0659 e. The van der Waals surface area contributed by atoms with E-state index in [1.807, 2.05) is 6.92 Å². The van der Waals surface area contributed by atoms with Crippen LogP contribution in [0.15, 0.2) is 0 Å². The van der Waals surface area contributed by atoms with E-state index in [9.17, 15) is 0 Å². The molecule has 1 aliphatic heterocycles. The number of nitrogens with two attached hydrogens (primary N) is 1. The van der Waals surface area contributed by atoms with E-state index in [4.69, 9.17) is 15.2 Å². The molecule has 1 unspecified atom stereocenters. The standard InChI is InChI=1S/C13H28N2O2/c1-4-17-11-13(2,10-14)15-7-5-12(6-8-15)9-16-3/h12H,4-11,14H2,1-3H3. The first kappa shape index (κ1) is 14.9. The Hall–Kier alpha value is -0.160. The van der Waals surface area contributed by atoms with E-state index >= 15 is 0 Å². The van der Waals surface area contributed by atoms with Crippen LogP contribution >= 0.6 is 0 Å². The number of ether oxygens (including phenoxy) is 2. The predicted molar refractivity (Wildman–Crippen MR) is 70.1 cm³/mol. The highest BCUT2D eigenvalue weighted by molar-refractivity contribution is 4.90. The van der Waals surface area contributed by atoms with Crippen molar-refractivity contribution in [1.82, 2.24) is 4.90 Å². The Kier molecular flexibility index (Phi) is 6.41. The van der Waals surface area contributed by atoms with Crippen molar-refractivity contribution in [2.75, 3.05) is 46.6 Å². The first-order valence-corrected chi connectivity index (χ1v) is 6.68. The number of methoxy groups -OCH3 is 1. The van der Waals surface area contributed by atoms with Crippen LogP contribution in [0.4, 0.5) is 0 Å². The van der Waals surface area contributed by atoms with Gasteiger partial charge in [-0.3, -0.25) is 4.90 Å². The maximum absolute atomic E-state index is 5.93. The highest BCUT2D eigenvalue weighted by Crippen LogP contribution is 2.24. The maximum atomic E-state index is 5.93. The van der Waals surface area contributed by atoms with Gasteiger partial charge in [0.1, 0.15) is 0 Å². The Bertz CT molecular complexity index is 206. The molecule has 1 atom stereocenters. The fourth-order valence-corrected chi connectivity index (χ4v) is 2.48. The third-order valence-electron chi connectivity index (χ3n) is 3.84. The third kappa shape index (κ3) is 4.21. The zero-order chi connectivity index (χ0) is 12.7. The SMILES string of the molecule is CCOCC(C)(CN)N1CCC(COC)CC1. The van der Waals surface area contributed by atoms with Gasteiger partial charge in [0.2, 0.25) is 0 Å². The average Bonchev–Trinajstić information content (AvgIpc) is 2.37. The Balaban J connectivity index is 2.43. The molecular weight excluding hydrogens is 216 g/mol. The van der Waals surface area contributed by atoms with Crippen molar-refractivity contribution in [3.63, 3.8) is 0 Å². The van der Waals surface area contributed by atoms with E-state index in [-0.39, 0.29) is 5.54 Å². The van der Waals surface area contributed by atoms with Gasteiger partial charge in [-0.05, 0) is 45.7 Å². The van der Waals surface area contributed by atoms with Gasteiger partial charge in [-0.1, -0.05) is 0 Å². The Morgan fingerprint density at radius 3 is 2.47 bits per heavy atom. The zero-order valence-corrected chi connectivity index (χ0v) is 11.6. The van der Waals surface area contributed by atoms with Crippen molar-refractivity contribution in [2.45, 2.75) is 32.2 Å². The minimum absolute atomic E-state index is 0.00590. The van der Waals surface area contributed by atoms with Crippen LogP contribution in [-0.4, -0.2) is 57.0 Å². The van der Waals surface area contributed by atoms with Crippen molar-refractivity contribution >= 4 is 0 Å². The summed E-state index contributed by atoms with van der Waals surface area (Å²) < 4.78 is 10.8. The van der Waals surface area contributed by atoms with Gasteiger partial charge in [-0.15, -0.1) is 0 Å². The molecule has 1 rings (SSSR count). The largest absolute Gasteiger partial charge is 0.384 e. The molecule has 1 heterocycles. The quantitative estimate of drug-likeness (QED) is 0.728. The molecule has 0 amide bonds. The number of hydrogen-bond acceptors (Lipinski definition) is 4. The molecule has 0 bridgehead atoms. The monoisotopic (exact) mass is 244 g/mol. The summed E-state index contributed by atoms with van der Waals surface area (Å²) >= 11 is 0. The van der Waals surface area contributed by atoms with E-state index in [0.29, 0.717) is 12.5 Å². The molecule has 1 fully saturated rings. The van der Waals surface area contributed by atoms with E-state index in [1.54, 1.807) is 7.11 Å². The number of nitrogens with zero attached hydrogens (tertiary/aromatic N) is 1. The van der Waals surface area contributed by atoms with E-state index in [0.717, 1.165) is 32.9 Å². The molecule has 102 valence electrons. The lowest BCUT2D eigenvalue weighted by Gasteiger charge is -2.44. The molecule has 0 aromatic heterocycles. The third-order valence-corrected chi connectivity index (χ3v) is 3.84. The van der Waals surface area contributed by atoms with Gasteiger partial charge in [-0.25, -0.2) is 0 Å². The molecule has 0 aliphatic carbocycles. The Morgan fingerprint density at radius 1 is 1.35 bits per heavy atom. The highest BCUT2D eigenvalue weighted by Gasteiger charge is 2.33. The van der Waals surface area contributed by atoms with Crippen molar-refractivity contribution in [3.8, 4) is 0 Å². The van der Waals surface area contributed by atoms with Gasteiger partial charge < -0.3 is 15.2 Å². The Morgan fingerprint density at radius 2 is 2.00 bits per heavy atom. The number of rotatable bonds is 7. The van der Waals surface area contributed by atoms with E-state index < -0.39 is 0 Å². The number of likely N-dealkylation sites (tertiary alicyclic amines) is 1. The van der Waals surface area contributed by atoms with Gasteiger partial charge in [0.15, 0.2) is 0 Å². The van der Waals surface area contributed by atoms with Crippen LogP contribution in [0.5, 0.6) is 0 Å². The minimum atomic E-state index is -0.00590. The summed E-state index contributed by atoms with van der Waals surface area (Å²) in [5.41, 5.74) is 5.92. The second-order valence-electron chi connectivity index (χ2n) is 5.22. The van der Waals surface area contributed by atoms with Crippen LogP contribution in [-0.2, 0) is 9.47 Å².